The molecule has 0 radical (unpaired) electrons. The second kappa shape index (κ2) is 8.16. The number of anilines is 2. The molecule has 0 spiro atoms. The van der Waals surface area contributed by atoms with Crippen molar-refractivity contribution in [1.29, 1.82) is 0 Å². The van der Waals surface area contributed by atoms with Crippen LogP contribution in [0.25, 0.3) is 0 Å². The molecular formula is C15H20N4O2S2. The number of para-hydroxylation sites is 2. The predicted molar refractivity (Wildman–Crippen MR) is 94.8 cm³/mol. The number of carbonyl (C=O) groups excluding carboxylic acids is 1. The van der Waals surface area contributed by atoms with Crippen LogP contribution in [0.2, 0.25) is 0 Å². The maximum Gasteiger partial charge on any atom is 0.233 e. The fourth-order valence-corrected chi connectivity index (χ4v) is 3.70. The van der Waals surface area contributed by atoms with Crippen LogP contribution in [0.15, 0.2) is 28.6 Å². The minimum atomic E-state index is -0.218. The summed E-state index contributed by atoms with van der Waals surface area (Å²) >= 11 is 2.80. The Hall–Kier alpha value is -1.80. The zero-order chi connectivity index (χ0) is 16.8. The van der Waals surface area contributed by atoms with Gasteiger partial charge in [-0.3, -0.25) is 4.79 Å². The van der Waals surface area contributed by atoms with Gasteiger partial charge in [-0.25, -0.2) is 0 Å². The molecule has 0 saturated carbocycles. The molecule has 2 rings (SSSR count). The first kappa shape index (κ1) is 17.6. The van der Waals surface area contributed by atoms with Gasteiger partial charge in [-0.2, -0.15) is 0 Å². The SMILES string of the molecule is COc1ccccc1Nc1nnc(SC(C)C(=O)NC(C)C)s1. The van der Waals surface area contributed by atoms with E-state index in [4.69, 9.17) is 4.74 Å². The van der Waals surface area contributed by atoms with Gasteiger partial charge in [0.2, 0.25) is 11.0 Å². The monoisotopic (exact) mass is 352 g/mol. The van der Waals surface area contributed by atoms with Crippen molar-refractivity contribution in [3.63, 3.8) is 0 Å². The third kappa shape index (κ3) is 5.11. The molecule has 1 aromatic heterocycles. The smallest absolute Gasteiger partial charge is 0.233 e. The van der Waals surface area contributed by atoms with Crippen molar-refractivity contribution in [3.05, 3.63) is 24.3 Å². The van der Waals surface area contributed by atoms with E-state index < -0.39 is 0 Å². The van der Waals surface area contributed by atoms with E-state index >= 15 is 0 Å². The van der Waals surface area contributed by atoms with Gasteiger partial charge in [0.1, 0.15) is 5.75 Å². The van der Waals surface area contributed by atoms with Crippen molar-refractivity contribution in [1.82, 2.24) is 15.5 Å². The first-order valence-corrected chi connectivity index (χ1v) is 8.89. The van der Waals surface area contributed by atoms with Crippen molar-refractivity contribution in [2.24, 2.45) is 0 Å². The van der Waals surface area contributed by atoms with E-state index in [1.165, 1.54) is 23.1 Å². The molecule has 1 heterocycles. The van der Waals surface area contributed by atoms with Crippen molar-refractivity contribution in [2.75, 3.05) is 12.4 Å². The number of benzene rings is 1. The van der Waals surface area contributed by atoms with E-state index in [1.54, 1.807) is 7.11 Å². The highest BCUT2D eigenvalue weighted by Crippen LogP contribution is 2.32. The van der Waals surface area contributed by atoms with E-state index in [1.807, 2.05) is 45.0 Å². The lowest BCUT2D eigenvalue weighted by molar-refractivity contribution is -0.120. The summed E-state index contributed by atoms with van der Waals surface area (Å²) in [5.74, 6) is 0.737. The number of carbonyl (C=O) groups is 1. The molecule has 2 N–H and O–H groups in total. The molecule has 2 aromatic rings. The first-order chi connectivity index (χ1) is 11.0. The molecule has 0 aliphatic rings. The Kier molecular flexibility index (Phi) is 6.23. The molecule has 0 fully saturated rings. The van der Waals surface area contributed by atoms with E-state index in [9.17, 15) is 4.79 Å². The van der Waals surface area contributed by atoms with Crippen LogP contribution in [0.5, 0.6) is 5.75 Å². The summed E-state index contributed by atoms with van der Waals surface area (Å²) in [6, 6.07) is 7.73. The number of nitrogens with zero attached hydrogens (tertiary/aromatic N) is 2. The van der Waals surface area contributed by atoms with E-state index in [0.717, 1.165) is 15.8 Å². The number of amides is 1. The van der Waals surface area contributed by atoms with Crippen LogP contribution in [-0.4, -0.2) is 34.5 Å². The lowest BCUT2D eigenvalue weighted by Crippen LogP contribution is -2.35. The number of thioether (sulfide) groups is 1. The van der Waals surface area contributed by atoms with Crippen LogP contribution < -0.4 is 15.4 Å². The number of aromatic nitrogens is 2. The largest absolute Gasteiger partial charge is 0.495 e. The molecule has 1 atom stereocenters. The molecular weight excluding hydrogens is 332 g/mol. The molecule has 0 aliphatic heterocycles. The van der Waals surface area contributed by atoms with Gasteiger partial charge in [0.25, 0.3) is 0 Å². The Morgan fingerprint density at radius 2 is 2.00 bits per heavy atom. The second-order valence-electron chi connectivity index (χ2n) is 5.12. The Balaban J connectivity index is 1.99. The number of nitrogens with one attached hydrogen (secondary N) is 2. The molecule has 23 heavy (non-hydrogen) atoms. The minimum Gasteiger partial charge on any atom is -0.495 e. The zero-order valence-corrected chi connectivity index (χ0v) is 15.1. The van der Waals surface area contributed by atoms with E-state index in [2.05, 4.69) is 20.8 Å². The summed E-state index contributed by atoms with van der Waals surface area (Å²) in [6.45, 7) is 5.74. The number of methoxy groups -OCH3 is 1. The van der Waals surface area contributed by atoms with Gasteiger partial charge >= 0.3 is 0 Å². The summed E-state index contributed by atoms with van der Waals surface area (Å²) in [4.78, 5) is 11.9. The zero-order valence-electron chi connectivity index (χ0n) is 13.5. The lowest BCUT2D eigenvalue weighted by Gasteiger charge is -2.12. The number of hydrogen-bond donors (Lipinski definition) is 2. The van der Waals surface area contributed by atoms with Gasteiger partial charge in [0, 0.05) is 6.04 Å². The number of hydrogen-bond acceptors (Lipinski definition) is 7. The maximum absolute atomic E-state index is 11.9. The predicted octanol–water partition coefficient (Wildman–Crippen LogP) is 3.30. The van der Waals surface area contributed by atoms with Crippen LogP contribution in [0.1, 0.15) is 20.8 Å². The van der Waals surface area contributed by atoms with Crippen molar-refractivity contribution in [3.8, 4) is 5.75 Å². The molecule has 1 aromatic carbocycles. The third-order valence-corrected chi connectivity index (χ3v) is 4.86. The van der Waals surface area contributed by atoms with Gasteiger partial charge in [-0.05, 0) is 32.9 Å². The number of rotatable bonds is 7. The molecule has 0 aliphatic carbocycles. The molecule has 8 heteroatoms. The standard InChI is InChI=1S/C15H20N4O2S2/c1-9(2)16-13(20)10(3)22-15-19-18-14(23-15)17-11-7-5-6-8-12(11)21-4/h5-10H,1-4H3,(H,16,20)(H,17,18). The summed E-state index contributed by atoms with van der Waals surface area (Å²) in [6.07, 6.45) is 0. The minimum absolute atomic E-state index is 0.000521. The molecule has 6 nitrogen and oxygen atoms in total. The Morgan fingerprint density at radius 1 is 1.26 bits per heavy atom. The molecule has 0 saturated heterocycles. The highest BCUT2D eigenvalue weighted by Gasteiger charge is 2.18. The van der Waals surface area contributed by atoms with Crippen molar-refractivity contribution in [2.45, 2.75) is 36.4 Å². The molecule has 1 unspecified atom stereocenters. The summed E-state index contributed by atoms with van der Waals surface area (Å²) in [5, 5.41) is 14.7. The fourth-order valence-electron chi connectivity index (χ4n) is 1.78. The highest BCUT2D eigenvalue weighted by atomic mass is 32.2. The molecule has 0 bridgehead atoms. The Labute approximate surface area is 144 Å². The van der Waals surface area contributed by atoms with Crippen molar-refractivity contribution < 1.29 is 9.53 Å². The normalized spacial score (nSPS) is 12.0. The van der Waals surface area contributed by atoms with Gasteiger partial charge in [-0.1, -0.05) is 35.2 Å². The number of ether oxygens (including phenoxy) is 1. The van der Waals surface area contributed by atoms with Crippen LogP contribution in [0, 0.1) is 0 Å². The first-order valence-electron chi connectivity index (χ1n) is 7.20. The van der Waals surface area contributed by atoms with Crippen LogP contribution in [-0.2, 0) is 4.79 Å². The van der Waals surface area contributed by atoms with Gasteiger partial charge in [0.15, 0.2) is 4.34 Å². The molecule has 1 amide bonds. The highest BCUT2D eigenvalue weighted by molar-refractivity contribution is 8.02. The summed E-state index contributed by atoms with van der Waals surface area (Å²) < 4.78 is 6.04. The van der Waals surface area contributed by atoms with E-state index in [-0.39, 0.29) is 17.2 Å². The van der Waals surface area contributed by atoms with Crippen LogP contribution >= 0.6 is 23.1 Å². The lowest BCUT2D eigenvalue weighted by atomic mass is 10.3. The van der Waals surface area contributed by atoms with Gasteiger partial charge < -0.3 is 15.4 Å². The average Bonchev–Trinajstić information content (AvgIpc) is 2.94. The third-order valence-electron chi connectivity index (χ3n) is 2.83. The van der Waals surface area contributed by atoms with Crippen LogP contribution in [0.4, 0.5) is 10.8 Å². The quantitative estimate of drug-likeness (QED) is 0.745. The van der Waals surface area contributed by atoms with Gasteiger partial charge in [-0.15, -0.1) is 10.2 Å². The topological polar surface area (TPSA) is 76.1 Å². The fraction of sp³-hybridized carbons (Fsp3) is 0.400. The maximum atomic E-state index is 11.9. The van der Waals surface area contributed by atoms with Crippen LogP contribution in [0.3, 0.4) is 0 Å². The summed E-state index contributed by atoms with van der Waals surface area (Å²) in [7, 11) is 1.62. The second-order valence-corrected chi connectivity index (χ2v) is 7.69. The Bertz CT molecular complexity index is 660. The Morgan fingerprint density at radius 3 is 2.70 bits per heavy atom. The van der Waals surface area contributed by atoms with Gasteiger partial charge in [0.05, 0.1) is 18.0 Å². The van der Waals surface area contributed by atoms with E-state index in [0.29, 0.717) is 5.13 Å². The summed E-state index contributed by atoms with van der Waals surface area (Å²) in [5.41, 5.74) is 0.827. The van der Waals surface area contributed by atoms with Crippen molar-refractivity contribution >= 4 is 39.8 Å². The average molecular weight is 352 g/mol. The molecule has 124 valence electrons.